The lowest BCUT2D eigenvalue weighted by molar-refractivity contribution is -0.126. The van der Waals surface area contributed by atoms with Gasteiger partial charge in [-0.05, 0) is 68.0 Å². The SMILES string of the molecule is CCc1nc2c(cnn2CC)c(NC2CCOCC2)c1CNC(=O)CCC(=O)NCc1ccc(Cl)c(-c2cccc(CN3CCN[C@H](C)C3)c2)c1. The lowest BCUT2D eigenvalue weighted by Gasteiger charge is -2.31. The summed E-state index contributed by atoms with van der Waals surface area (Å²) in [4.78, 5) is 33.3. The number of nitrogens with one attached hydrogen (secondary N) is 4. The van der Waals surface area contributed by atoms with Crippen molar-refractivity contribution in [1.82, 2.24) is 35.6 Å². The van der Waals surface area contributed by atoms with Crippen molar-refractivity contribution in [2.24, 2.45) is 0 Å². The number of anilines is 1. The highest BCUT2D eigenvalue weighted by molar-refractivity contribution is 6.33. The molecule has 0 spiro atoms. The fraction of sp³-hybridized carbons (Fsp3) is 0.487. The summed E-state index contributed by atoms with van der Waals surface area (Å²) >= 11 is 6.66. The van der Waals surface area contributed by atoms with E-state index in [2.05, 4.69) is 76.3 Å². The number of nitrogens with zero attached hydrogens (tertiary/aromatic N) is 4. The molecule has 11 nitrogen and oxygen atoms in total. The number of carbonyl (C=O) groups excluding carboxylic acids is 2. The molecule has 0 radical (unpaired) electrons. The van der Waals surface area contributed by atoms with Crippen LogP contribution in [0.15, 0.2) is 48.7 Å². The highest BCUT2D eigenvalue weighted by atomic mass is 35.5. The van der Waals surface area contributed by atoms with E-state index in [9.17, 15) is 9.59 Å². The van der Waals surface area contributed by atoms with Crippen LogP contribution in [0.3, 0.4) is 0 Å². The van der Waals surface area contributed by atoms with Crippen LogP contribution in [-0.2, 0) is 46.9 Å². The standard InChI is InChI=1S/C39H51ClN8O3/c1-4-35-32(38(45-30-13-17-51-18-14-30)33-23-44-48(5-2)39(33)46-35)22-43-37(50)12-11-36(49)42-21-27-9-10-34(40)31(20-27)29-8-6-7-28(19-29)25-47-16-15-41-26(3)24-47/h6-10,19-20,23,26,30,41H,4-5,11-18,21-22,24-25H2,1-3H3,(H,42,49)(H,43,50)(H,45,46)/t26-/m1/s1. The van der Waals surface area contributed by atoms with E-state index in [0.717, 1.165) is 103 Å². The van der Waals surface area contributed by atoms with Gasteiger partial charge in [0.05, 0.1) is 17.3 Å². The van der Waals surface area contributed by atoms with E-state index < -0.39 is 0 Å². The van der Waals surface area contributed by atoms with Gasteiger partial charge >= 0.3 is 0 Å². The van der Waals surface area contributed by atoms with Gasteiger partial charge in [0.15, 0.2) is 5.65 Å². The van der Waals surface area contributed by atoms with Gasteiger partial charge in [0.2, 0.25) is 11.8 Å². The molecule has 0 unspecified atom stereocenters. The Labute approximate surface area is 305 Å². The molecular weight excluding hydrogens is 664 g/mol. The van der Waals surface area contributed by atoms with Crippen LogP contribution in [0, 0.1) is 0 Å². The molecule has 2 amide bonds. The van der Waals surface area contributed by atoms with Crippen LogP contribution in [0.5, 0.6) is 0 Å². The molecule has 12 heteroatoms. The maximum Gasteiger partial charge on any atom is 0.220 e. The van der Waals surface area contributed by atoms with E-state index in [4.69, 9.17) is 21.3 Å². The summed E-state index contributed by atoms with van der Waals surface area (Å²) < 4.78 is 7.48. The summed E-state index contributed by atoms with van der Waals surface area (Å²) in [6.07, 6.45) is 4.58. The number of rotatable bonds is 14. The number of hydrogen-bond acceptors (Lipinski definition) is 8. The van der Waals surface area contributed by atoms with Crippen LogP contribution < -0.4 is 21.3 Å². The summed E-state index contributed by atoms with van der Waals surface area (Å²) in [7, 11) is 0. The minimum atomic E-state index is -0.183. The molecule has 0 saturated carbocycles. The largest absolute Gasteiger partial charge is 0.381 e. The third-order valence-electron chi connectivity index (χ3n) is 9.84. The summed E-state index contributed by atoms with van der Waals surface area (Å²) in [5.74, 6) is -0.363. The summed E-state index contributed by atoms with van der Waals surface area (Å²) in [5.41, 5.74) is 7.89. The molecule has 2 aromatic heterocycles. The zero-order valence-electron chi connectivity index (χ0n) is 30.1. The summed E-state index contributed by atoms with van der Waals surface area (Å²) in [6.45, 7) is 13.1. The summed E-state index contributed by atoms with van der Waals surface area (Å²) in [5, 5.41) is 19.5. The fourth-order valence-electron chi connectivity index (χ4n) is 7.05. The molecule has 0 bridgehead atoms. The van der Waals surface area contributed by atoms with Crippen LogP contribution in [0.2, 0.25) is 5.02 Å². The van der Waals surface area contributed by atoms with Gasteiger partial charge in [-0.2, -0.15) is 5.10 Å². The number of aromatic nitrogens is 3. The first-order valence-corrected chi connectivity index (χ1v) is 18.8. The van der Waals surface area contributed by atoms with Crippen molar-refractivity contribution in [3.05, 3.63) is 76.1 Å². The maximum atomic E-state index is 13.0. The second kappa shape index (κ2) is 17.5. The number of piperazine rings is 1. The first-order valence-electron chi connectivity index (χ1n) is 18.4. The molecule has 2 aliphatic heterocycles. The quantitative estimate of drug-likeness (QED) is 0.136. The van der Waals surface area contributed by atoms with E-state index in [-0.39, 0.29) is 30.7 Å². The van der Waals surface area contributed by atoms with Crippen molar-refractivity contribution in [3.63, 3.8) is 0 Å². The van der Waals surface area contributed by atoms with Gasteiger partial charge in [0.1, 0.15) is 0 Å². The van der Waals surface area contributed by atoms with Gasteiger partial charge in [-0.25, -0.2) is 9.67 Å². The van der Waals surface area contributed by atoms with Gasteiger partial charge in [-0.1, -0.05) is 42.8 Å². The van der Waals surface area contributed by atoms with Gasteiger partial charge < -0.3 is 26.0 Å². The van der Waals surface area contributed by atoms with Crippen molar-refractivity contribution in [3.8, 4) is 11.1 Å². The lowest BCUT2D eigenvalue weighted by atomic mass is 10.0. The molecule has 51 heavy (non-hydrogen) atoms. The van der Waals surface area contributed by atoms with Crippen molar-refractivity contribution in [1.29, 1.82) is 0 Å². The number of carbonyl (C=O) groups is 2. The van der Waals surface area contributed by atoms with Gasteiger partial charge in [0, 0.05) is 106 Å². The van der Waals surface area contributed by atoms with E-state index in [1.807, 2.05) is 29.1 Å². The zero-order chi connectivity index (χ0) is 35.7. The van der Waals surface area contributed by atoms with Crippen LogP contribution in [-0.4, -0.2) is 76.4 Å². The molecule has 0 aliphatic carbocycles. The van der Waals surface area contributed by atoms with Crippen LogP contribution in [0.1, 0.15) is 68.8 Å². The molecule has 6 rings (SSSR count). The highest BCUT2D eigenvalue weighted by Crippen LogP contribution is 2.32. The predicted molar refractivity (Wildman–Crippen MR) is 203 cm³/mol. The molecule has 272 valence electrons. The van der Waals surface area contributed by atoms with E-state index in [1.165, 1.54) is 5.56 Å². The number of hydrogen-bond donors (Lipinski definition) is 4. The number of benzene rings is 2. The molecule has 2 saturated heterocycles. The third-order valence-corrected chi connectivity index (χ3v) is 10.2. The predicted octanol–water partition coefficient (Wildman–Crippen LogP) is 5.43. The van der Waals surface area contributed by atoms with E-state index in [0.29, 0.717) is 30.6 Å². The molecule has 1 atom stereocenters. The lowest BCUT2D eigenvalue weighted by Crippen LogP contribution is -2.48. The Morgan fingerprint density at radius 2 is 1.80 bits per heavy atom. The smallest absolute Gasteiger partial charge is 0.220 e. The fourth-order valence-corrected chi connectivity index (χ4v) is 7.27. The first-order chi connectivity index (χ1) is 24.8. The van der Waals surface area contributed by atoms with Gasteiger partial charge in [0.25, 0.3) is 0 Å². The van der Waals surface area contributed by atoms with Crippen molar-refractivity contribution in [2.45, 2.75) is 91.1 Å². The number of halogens is 1. The topological polar surface area (TPSA) is 125 Å². The molecule has 2 aliphatic rings. The molecule has 2 fully saturated rings. The van der Waals surface area contributed by atoms with E-state index in [1.54, 1.807) is 0 Å². The average Bonchev–Trinajstić information content (AvgIpc) is 3.56. The Morgan fingerprint density at radius 3 is 2.55 bits per heavy atom. The Morgan fingerprint density at radius 1 is 1.02 bits per heavy atom. The minimum absolute atomic E-state index is 0.0873. The minimum Gasteiger partial charge on any atom is -0.381 e. The second-order valence-corrected chi connectivity index (χ2v) is 14.1. The number of pyridine rings is 1. The monoisotopic (exact) mass is 714 g/mol. The second-order valence-electron chi connectivity index (χ2n) is 13.7. The molecule has 4 heterocycles. The normalized spacial score (nSPS) is 17.1. The molecule has 2 aromatic carbocycles. The van der Waals surface area contributed by atoms with Crippen molar-refractivity contribution < 1.29 is 14.3 Å². The maximum absolute atomic E-state index is 13.0. The Bertz CT molecular complexity index is 1820. The van der Waals surface area contributed by atoms with Crippen molar-refractivity contribution in [2.75, 3.05) is 38.2 Å². The number of amides is 2. The zero-order valence-corrected chi connectivity index (χ0v) is 30.8. The molecular formula is C39H51ClN8O3. The molecule has 4 N–H and O–H groups in total. The Kier molecular flexibility index (Phi) is 12.6. The number of fused-ring (bicyclic) bond motifs is 1. The Hall–Kier alpha value is -4.03. The van der Waals surface area contributed by atoms with Gasteiger partial charge in [-0.3, -0.25) is 14.5 Å². The molecule has 4 aromatic rings. The number of aryl methyl sites for hydroxylation is 2. The van der Waals surface area contributed by atoms with Gasteiger partial charge in [-0.15, -0.1) is 0 Å². The first kappa shape index (κ1) is 36.8. The van der Waals surface area contributed by atoms with Crippen LogP contribution in [0.4, 0.5) is 5.69 Å². The number of ether oxygens (including phenoxy) is 1. The van der Waals surface area contributed by atoms with Crippen molar-refractivity contribution >= 4 is 40.1 Å². The Balaban J connectivity index is 1.04. The average molecular weight is 715 g/mol. The highest BCUT2D eigenvalue weighted by Gasteiger charge is 2.22. The van der Waals surface area contributed by atoms with Crippen LogP contribution in [0.25, 0.3) is 22.2 Å². The third kappa shape index (κ3) is 9.45. The van der Waals surface area contributed by atoms with Crippen LogP contribution >= 0.6 is 11.6 Å². The van der Waals surface area contributed by atoms with E-state index >= 15 is 0 Å². The summed E-state index contributed by atoms with van der Waals surface area (Å²) in [6, 6.07) is 15.1.